The third kappa shape index (κ3) is 1.59. The van der Waals surface area contributed by atoms with Crippen molar-refractivity contribution in [1.29, 1.82) is 0 Å². The summed E-state index contributed by atoms with van der Waals surface area (Å²) in [6.07, 6.45) is -0.529. The second-order valence-corrected chi connectivity index (χ2v) is 4.03. The number of aliphatic hydroxyl groups excluding tert-OH is 1. The van der Waals surface area contributed by atoms with E-state index in [-0.39, 0.29) is 0 Å². The molecular formula is C11H10F4O. The molecule has 2 rings (SSSR count). The van der Waals surface area contributed by atoms with Crippen molar-refractivity contribution in [3.8, 4) is 0 Å². The number of hydrogen-bond acceptors (Lipinski definition) is 1. The van der Waals surface area contributed by atoms with Gasteiger partial charge in [0.25, 0.3) is 0 Å². The van der Waals surface area contributed by atoms with Crippen LogP contribution in [-0.2, 0) is 0 Å². The molecule has 0 bridgehead atoms. The maximum atomic E-state index is 13.5. The first-order chi connectivity index (χ1) is 7.45. The van der Waals surface area contributed by atoms with Crippen LogP contribution in [0.25, 0.3) is 0 Å². The van der Waals surface area contributed by atoms with Crippen LogP contribution in [0.1, 0.15) is 42.9 Å². The van der Waals surface area contributed by atoms with E-state index in [4.69, 9.17) is 5.11 Å². The average molecular weight is 234 g/mol. The molecule has 0 aliphatic heterocycles. The Labute approximate surface area is 89.7 Å². The quantitative estimate of drug-likeness (QED) is 0.615. The largest absolute Gasteiger partial charge is 0.388 e. The van der Waals surface area contributed by atoms with Gasteiger partial charge in [0.05, 0.1) is 11.7 Å². The van der Waals surface area contributed by atoms with Crippen molar-refractivity contribution in [3.63, 3.8) is 0 Å². The molecule has 1 aromatic rings. The molecule has 0 saturated heterocycles. The van der Waals surface area contributed by atoms with Gasteiger partial charge in [0.1, 0.15) is 0 Å². The van der Waals surface area contributed by atoms with Gasteiger partial charge in [-0.05, 0) is 25.7 Å². The molecule has 1 fully saturated rings. The van der Waals surface area contributed by atoms with Crippen LogP contribution in [0, 0.1) is 23.3 Å². The van der Waals surface area contributed by atoms with E-state index in [2.05, 4.69) is 0 Å². The lowest BCUT2D eigenvalue weighted by Crippen LogP contribution is -2.10. The maximum Gasteiger partial charge on any atom is 0.168 e. The average Bonchev–Trinajstić information content (AvgIpc) is 2.99. The fraction of sp³-hybridized carbons (Fsp3) is 0.455. The van der Waals surface area contributed by atoms with Gasteiger partial charge in [-0.25, -0.2) is 17.6 Å². The van der Waals surface area contributed by atoms with Crippen molar-refractivity contribution in [2.75, 3.05) is 0 Å². The highest BCUT2D eigenvalue weighted by atomic mass is 19.2. The Hall–Kier alpha value is -1.10. The topological polar surface area (TPSA) is 20.2 Å². The lowest BCUT2D eigenvalue weighted by Gasteiger charge is -2.13. The summed E-state index contributed by atoms with van der Waals surface area (Å²) < 4.78 is 53.7. The number of halogens is 4. The van der Waals surface area contributed by atoms with Gasteiger partial charge in [-0.1, -0.05) is 0 Å². The minimum atomic E-state index is -1.59. The molecule has 0 aromatic heterocycles. The summed E-state index contributed by atoms with van der Waals surface area (Å²) in [6, 6.07) is 0. The van der Waals surface area contributed by atoms with Crippen molar-refractivity contribution in [2.45, 2.75) is 31.8 Å². The molecule has 0 heterocycles. The van der Waals surface area contributed by atoms with E-state index < -0.39 is 46.4 Å². The number of aliphatic hydroxyl groups is 1. The lowest BCUT2D eigenvalue weighted by atomic mass is 10.0. The number of hydrogen-bond donors (Lipinski definition) is 1. The standard InChI is InChI=1S/C11H10F4O/c1-4(16)6-8(12)10(14)7(5-2-3-5)11(15)9(6)13/h4-5,16H,2-3H2,1H3. The summed E-state index contributed by atoms with van der Waals surface area (Å²) in [5.74, 6) is -6.17. The van der Waals surface area contributed by atoms with E-state index in [1.54, 1.807) is 0 Å². The Morgan fingerprint density at radius 1 is 1.00 bits per heavy atom. The number of benzene rings is 1. The van der Waals surface area contributed by atoms with Gasteiger partial charge < -0.3 is 5.11 Å². The third-order valence-electron chi connectivity index (χ3n) is 2.73. The van der Waals surface area contributed by atoms with Gasteiger partial charge in [0, 0.05) is 5.56 Å². The highest BCUT2D eigenvalue weighted by Crippen LogP contribution is 2.44. The van der Waals surface area contributed by atoms with E-state index in [1.807, 2.05) is 0 Å². The van der Waals surface area contributed by atoms with E-state index in [0.717, 1.165) is 6.92 Å². The fourth-order valence-corrected chi connectivity index (χ4v) is 1.76. The summed E-state index contributed by atoms with van der Waals surface area (Å²) in [5, 5.41) is 9.07. The Morgan fingerprint density at radius 2 is 1.44 bits per heavy atom. The maximum absolute atomic E-state index is 13.5. The minimum Gasteiger partial charge on any atom is -0.388 e. The summed E-state index contributed by atoms with van der Waals surface area (Å²) in [7, 11) is 0. The van der Waals surface area contributed by atoms with E-state index in [1.165, 1.54) is 0 Å². The van der Waals surface area contributed by atoms with Crippen LogP contribution in [0.5, 0.6) is 0 Å². The molecular weight excluding hydrogens is 224 g/mol. The zero-order valence-electron chi connectivity index (χ0n) is 8.53. The molecule has 1 saturated carbocycles. The van der Waals surface area contributed by atoms with Crippen LogP contribution in [0.4, 0.5) is 17.6 Å². The summed E-state index contributed by atoms with van der Waals surface area (Å²) in [4.78, 5) is 0. The highest BCUT2D eigenvalue weighted by Gasteiger charge is 2.35. The molecule has 1 N–H and O–H groups in total. The summed E-state index contributed by atoms with van der Waals surface area (Å²) in [6.45, 7) is 1.05. The van der Waals surface area contributed by atoms with E-state index >= 15 is 0 Å². The molecule has 1 nitrogen and oxygen atoms in total. The third-order valence-corrected chi connectivity index (χ3v) is 2.73. The van der Waals surface area contributed by atoms with E-state index in [0.29, 0.717) is 12.8 Å². The van der Waals surface area contributed by atoms with Crippen LogP contribution in [0.15, 0.2) is 0 Å². The molecule has 16 heavy (non-hydrogen) atoms. The molecule has 1 unspecified atom stereocenters. The van der Waals surface area contributed by atoms with Gasteiger partial charge in [-0.2, -0.15) is 0 Å². The molecule has 1 atom stereocenters. The first-order valence-electron chi connectivity index (χ1n) is 4.99. The molecule has 1 aliphatic rings. The fourth-order valence-electron chi connectivity index (χ4n) is 1.76. The zero-order valence-corrected chi connectivity index (χ0v) is 8.53. The van der Waals surface area contributed by atoms with Gasteiger partial charge in [0.15, 0.2) is 23.3 Å². The Balaban J connectivity index is 2.68. The summed E-state index contributed by atoms with van der Waals surface area (Å²) in [5.41, 5.74) is -1.47. The van der Waals surface area contributed by atoms with Gasteiger partial charge in [-0.15, -0.1) is 0 Å². The van der Waals surface area contributed by atoms with Crippen molar-refractivity contribution < 1.29 is 22.7 Å². The Morgan fingerprint density at radius 3 is 1.75 bits per heavy atom. The van der Waals surface area contributed by atoms with Crippen LogP contribution in [-0.4, -0.2) is 5.11 Å². The molecule has 1 aromatic carbocycles. The SMILES string of the molecule is CC(O)c1c(F)c(F)c(C2CC2)c(F)c1F. The molecule has 5 heteroatoms. The number of rotatable bonds is 2. The second kappa shape index (κ2) is 3.73. The summed E-state index contributed by atoms with van der Waals surface area (Å²) >= 11 is 0. The first-order valence-corrected chi connectivity index (χ1v) is 4.99. The van der Waals surface area contributed by atoms with Crippen molar-refractivity contribution in [1.82, 2.24) is 0 Å². The smallest absolute Gasteiger partial charge is 0.168 e. The Kier molecular flexibility index (Phi) is 2.66. The predicted molar refractivity (Wildman–Crippen MR) is 48.9 cm³/mol. The van der Waals surface area contributed by atoms with Crippen LogP contribution in [0.3, 0.4) is 0 Å². The molecule has 0 spiro atoms. The molecule has 1 aliphatic carbocycles. The monoisotopic (exact) mass is 234 g/mol. The predicted octanol–water partition coefficient (Wildman–Crippen LogP) is 3.17. The van der Waals surface area contributed by atoms with Crippen LogP contribution < -0.4 is 0 Å². The normalized spacial score (nSPS) is 17.6. The van der Waals surface area contributed by atoms with Crippen molar-refractivity contribution in [2.24, 2.45) is 0 Å². The Bertz CT molecular complexity index is 376. The highest BCUT2D eigenvalue weighted by molar-refractivity contribution is 5.35. The molecule has 0 radical (unpaired) electrons. The van der Waals surface area contributed by atoms with Gasteiger partial charge in [0.2, 0.25) is 0 Å². The van der Waals surface area contributed by atoms with E-state index in [9.17, 15) is 17.6 Å². The first kappa shape index (κ1) is 11.4. The van der Waals surface area contributed by atoms with Crippen molar-refractivity contribution in [3.05, 3.63) is 34.4 Å². The van der Waals surface area contributed by atoms with Crippen molar-refractivity contribution >= 4 is 0 Å². The molecule has 0 amide bonds. The van der Waals surface area contributed by atoms with Crippen LogP contribution >= 0.6 is 0 Å². The minimum absolute atomic E-state index is 0.438. The molecule has 88 valence electrons. The lowest BCUT2D eigenvalue weighted by molar-refractivity contribution is 0.184. The van der Waals surface area contributed by atoms with Crippen LogP contribution in [0.2, 0.25) is 0 Å². The van der Waals surface area contributed by atoms with Gasteiger partial charge >= 0.3 is 0 Å². The zero-order chi connectivity index (χ0) is 12.0. The van der Waals surface area contributed by atoms with Gasteiger partial charge in [-0.3, -0.25) is 0 Å². The second-order valence-electron chi connectivity index (χ2n) is 4.03.